The third kappa shape index (κ3) is 2.51. The maximum absolute atomic E-state index is 9.27. The summed E-state index contributed by atoms with van der Waals surface area (Å²) < 4.78 is 5.26. The van der Waals surface area contributed by atoms with E-state index in [1.807, 2.05) is 19.1 Å². The van der Waals surface area contributed by atoms with Crippen molar-refractivity contribution in [2.45, 2.75) is 6.92 Å². The number of nitrogens with zero attached hydrogens (tertiary/aromatic N) is 2. The van der Waals surface area contributed by atoms with Crippen LogP contribution in [-0.2, 0) is 0 Å². The Balaban J connectivity index is 1.99. The largest absolute Gasteiger partial charge is 0.508 e. The van der Waals surface area contributed by atoms with Crippen molar-refractivity contribution < 1.29 is 9.63 Å². The van der Waals surface area contributed by atoms with E-state index in [0.29, 0.717) is 16.7 Å². The second kappa shape index (κ2) is 4.98. The molecule has 1 heterocycles. The molecule has 20 heavy (non-hydrogen) atoms. The van der Waals surface area contributed by atoms with E-state index in [1.54, 1.807) is 30.3 Å². The highest BCUT2D eigenvalue weighted by atomic mass is 35.5. The lowest BCUT2D eigenvalue weighted by Crippen LogP contribution is -1.82. The van der Waals surface area contributed by atoms with E-state index in [0.717, 1.165) is 16.7 Å². The number of aromatic hydroxyl groups is 1. The number of rotatable bonds is 2. The lowest BCUT2D eigenvalue weighted by atomic mass is 10.1. The van der Waals surface area contributed by atoms with Crippen molar-refractivity contribution in [3.63, 3.8) is 0 Å². The topological polar surface area (TPSA) is 59.2 Å². The standard InChI is InChI=1S/C15H11ClN2O2/c1-9-6-11(8-12(16)7-9)15-17-14(18-20-15)10-2-4-13(19)5-3-10/h2-8,19H,1H3. The summed E-state index contributed by atoms with van der Waals surface area (Å²) in [6.45, 7) is 1.95. The molecule has 3 aromatic rings. The second-order valence-corrected chi connectivity index (χ2v) is 4.92. The van der Waals surface area contributed by atoms with Crippen molar-refractivity contribution in [2.24, 2.45) is 0 Å². The first-order chi connectivity index (χ1) is 9.61. The molecule has 3 rings (SSSR count). The summed E-state index contributed by atoms with van der Waals surface area (Å²) in [4.78, 5) is 4.34. The molecule has 100 valence electrons. The average Bonchev–Trinajstić information content (AvgIpc) is 2.88. The van der Waals surface area contributed by atoms with E-state index in [9.17, 15) is 5.11 Å². The van der Waals surface area contributed by atoms with Crippen LogP contribution in [0, 0.1) is 6.92 Å². The summed E-state index contributed by atoms with van der Waals surface area (Å²) in [6.07, 6.45) is 0. The van der Waals surface area contributed by atoms with E-state index in [4.69, 9.17) is 16.1 Å². The van der Waals surface area contributed by atoms with Gasteiger partial charge in [0.05, 0.1) is 0 Å². The normalized spacial score (nSPS) is 10.7. The van der Waals surface area contributed by atoms with Gasteiger partial charge in [-0.3, -0.25) is 0 Å². The molecule has 2 aromatic carbocycles. The molecule has 0 spiro atoms. The van der Waals surface area contributed by atoms with Crippen LogP contribution in [0.25, 0.3) is 22.8 Å². The summed E-state index contributed by atoms with van der Waals surface area (Å²) in [5.41, 5.74) is 2.58. The Hall–Kier alpha value is -2.33. The SMILES string of the molecule is Cc1cc(Cl)cc(-c2nc(-c3ccc(O)cc3)no2)c1. The fourth-order valence-corrected chi connectivity index (χ4v) is 2.22. The van der Waals surface area contributed by atoms with Gasteiger partial charge in [-0.1, -0.05) is 16.8 Å². The summed E-state index contributed by atoms with van der Waals surface area (Å²) >= 11 is 6.02. The van der Waals surface area contributed by atoms with E-state index in [1.165, 1.54) is 0 Å². The van der Waals surface area contributed by atoms with Crippen molar-refractivity contribution in [2.75, 3.05) is 0 Å². The highest BCUT2D eigenvalue weighted by Gasteiger charge is 2.11. The fraction of sp³-hybridized carbons (Fsp3) is 0.0667. The van der Waals surface area contributed by atoms with Gasteiger partial charge in [0.15, 0.2) is 0 Å². The van der Waals surface area contributed by atoms with Gasteiger partial charge in [-0.15, -0.1) is 0 Å². The summed E-state index contributed by atoms with van der Waals surface area (Å²) in [5.74, 6) is 1.08. The molecule has 0 saturated carbocycles. The van der Waals surface area contributed by atoms with E-state index >= 15 is 0 Å². The van der Waals surface area contributed by atoms with Crippen LogP contribution >= 0.6 is 11.6 Å². The molecule has 0 fully saturated rings. The maximum atomic E-state index is 9.27. The van der Waals surface area contributed by atoms with Crippen molar-refractivity contribution in [3.8, 4) is 28.6 Å². The highest BCUT2D eigenvalue weighted by Crippen LogP contribution is 2.26. The Kier molecular flexibility index (Phi) is 3.16. The smallest absolute Gasteiger partial charge is 0.258 e. The summed E-state index contributed by atoms with van der Waals surface area (Å²) in [7, 11) is 0. The first-order valence-electron chi connectivity index (χ1n) is 6.02. The van der Waals surface area contributed by atoms with Crippen LogP contribution in [0.5, 0.6) is 5.75 Å². The zero-order valence-electron chi connectivity index (χ0n) is 10.7. The van der Waals surface area contributed by atoms with Crippen LogP contribution in [0.3, 0.4) is 0 Å². The predicted molar refractivity (Wildman–Crippen MR) is 76.6 cm³/mol. The third-order valence-corrected chi connectivity index (χ3v) is 3.06. The third-order valence-electron chi connectivity index (χ3n) is 2.84. The molecule has 0 radical (unpaired) electrons. The lowest BCUT2D eigenvalue weighted by Gasteiger charge is -1.98. The maximum Gasteiger partial charge on any atom is 0.258 e. The molecule has 0 bridgehead atoms. The predicted octanol–water partition coefficient (Wildman–Crippen LogP) is 4.07. The molecule has 0 saturated heterocycles. The zero-order chi connectivity index (χ0) is 14.1. The monoisotopic (exact) mass is 286 g/mol. The quantitative estimate of drug-likeness (QED) is 0.771. The molecule has 0 aliphatic rings. The number of benzene rings is 2. The van der Waals surface area contributed by atoms with Crippen LogP contribution in [0.4, 0.5) is 0 Å². The number of hydrogen-bond acceptors (Lipinski definition) is 4. The molecule has 0 unspecified atom stereocenters. The van der Waals surface area contributed by atoms with E-state index in [2.05, 4.69) is 10.1 Å². The molecule has 0 aliphatic heterocycles. The van der Waals surface area contributed by atoms with Crippen molar-refractivity contribution in [1.29, 1.82) is 0 Å². The van der Waals surface area contributed by atoms with Gasteiger partial charge in [-0.05, 0) is 55.0 Å². The number of aromatic nitrogens is 2. The molecule has 1 aromatic heterocycles. The number of phenols is 1. The van der Waals surface area contributed by atoms with Gasteiger partial charge in [0, 0.05) is 16.1 Å². The van der Waals surface area contributed by atoms with Crippen LogP contribution < -0.4 is 0 Å². The molecule has 0 atom stereocenters. The Bertz CT molecular complexity index is 731. The Labute approximate surface area is 120 Å². The Morgan fingerprint density at radius 3 is 2.50 bits per heavy atom. The van der Waals surface area contributed by atoms with Crippen LogP contribution in [-0.4, -0.2) is 15.2 Å². The molecule has 0 amide bonds. The minimum Gasteiger partial charge on any atom is -0.508 e. The van der Waals surface area contributed by atoms with Gasteiger partial charge in [0.1, 0.15) is 5.75 Å². The molecular weight excluding hydrogens is 276 g/mol. The molecular formula is C15H11ClN2O2. The van der Waals surface area contributed by atoms with Gasteiger partial charge in [0.25, 0.3) is 5.89 Å². The lowest BCUT2D eigenvalue weighted by molar-refractivity contribution is 0.432. The minimum atomic E-state index is 0.197. The second-order valence-electron chi connectivity index (χ2n) is 4.49. The molecule has 5 heteroatoms. The Morgan fingerprint density at radius 2 is 1.80 bits per heavy atom. The first-order valence-corrected chi connectivity index (χ1v) is 6.40. The van der Waals surface area contributed by atoms with Crippen LogP contribution in [0.2, 0.25) is 5.02 Å². The van der Waals surface area contributed by atoms with Crippen LogP contribution in [0.15, 0.2) is 47.0 Å². The number of hydrogen-bond donors (Lipinski definition) is 1. The van der Waals surface area contributed by atoms with E-state index < -0.39 is 0 Å². The van der Waals surface area contributed by atoms with Gasteiger partial charge < -0.3 is 9.63 Å². The molecule has 1 N–H and O–H groups in total. The molecule has 4 nitrogen and oxygen atoms in total. The summed E-state index contributed by atoms with van der Waals surface area (Å²) in [5, 5.41) is 13.8. The fourth-order valence-electron chi connectivity index (χ4n) is 1.93. The van der Waals surface area contributed by atoms with Crippen molar-refractivity contribution >= 4 is 11.6 Å². The zero-order valence-corrected chi connectivity index (χ0v) is 11.4. The number of aryl methyl sites for hydroxylation is 1. The Morgan fingerprint density at radius 1 is 1.05 bits per heavy atom. The average molecular weight is 287 g/mol. The van der Waals surface area contributed by atoms with Gasteiger partial charge in [0.2, 0.25) is 5.82 Å². The van der Waals surface area contributed by atoms with Gasteiger partial charge >= 0.3 is 0 Å². The number of halogens is 1. The van der Waals surface area contributed by atoms with Crippen molar-refractivity contribution in [3.05, 3.63) is 53.1 Å². The molecule has 0 aliphatic carbocycles. The first kappa shape index (κ1) is 12.7. The van der Waals surface area contributed by atoms with Crippen LogP contribution in [0.1, 0.15) is 5.56 Å². The highest BCUT2D eigenvalue weighted by molar-refractivity contribution is 6.30. The van der Waals surface area contributed by atoms with Gasteiger partial charge in [-0.25, -0.2) is 0 Å². The summed E-state index contributed by atoms with van der Waals surface area (Å²) in [6, 6.07) is 12.2. The number of phenolic OH excluding ortho intramolecular Hbond substituents is 1. The van der Waals surface area contributed by atoms with Gasteiger partial charge in [-0.2, -0.15) is 4.98 Å². The minimum absolute atomic E-state index is 0.197. The van der Waals surface area contributed by atoms with E-state index in [-0.39, 0.29) is 5.75 Å². The van der Waals surface area contributed by atoms with Crippen molar-refractivity contribution in [1.82, 2.24) is 10.1 Å².